The molecule has 0 fully saturated rings. The number of thioether (sulfide) groups is 1. The number of benzene rings is 4. The maximum absolute atomic E-state index is 13.9. The normalized spacial score (nSPS) is 13.9. The first-order valence-electron chi connectivity index (χ1n) is 15.1. The van der Waals surface area contributed by atoms with Crippen LogP contribution in [0.2, 0.25) is 5.02 Å². The molecule has 4 aromatic carbocycles. The Kier molecular flexibility index (Phi) is 10.5. The fourth-order valence-electron chi connectivity index (χ4n) is 5.20. The Morgan fingerprint density at radius 3 is 2.34 bits per heavy atom. The summed E-state index contributed by atoms with van der Waals surface area (Å²) in [4.78, 5) is 18.7. The van der Waals surface area contributed by atoms with Crippen LogP contribution in [-0.4, -0.2) is 27.3 Å². The Bertz CT molecular complexity index is 1900. The van der Waals surface area contributed by atoms with Crippen LogP contribution in [0.25, 0.3) is 0 Å². The van der Waals surface area contributed by atoms with Gasteiger partial charge in [-0.15, -0.1) is 5.10 Å². The molecule has 5 aromatic rings. The minimum Gasteiger partial charge on any atom is -0.490 e. The number of halogens is 2. The minimum absolute atomic E-state index is 0.131. The Morgan fingerprint density at radius 2 is 1.64 bits per heavy atom. The summed E-state index contributed by atoms with van der Waals surface area (Å²) >= 11 is 11.6. The average molecular weight is 732 g/mol. The third kappa shape index (κ3) is 7.67. The number of nitrogens with one attached hydrogen (secondary N) is 1. The zero-order valence-corrected chi connectivity index (χ0v) is 28.9. The van der Waals surface area contributed by atoms with Crippen LogP contribution >= 0.6 is 39.3 Å². The van der Waals surface area contributed by atoms with Crippen LogP contribution in [0.15, 0.2) is 118 Å². The molecule has 240 valence electrons. The van der Waals surface area contributed by atoms with E-state index < -0.39 is 12.0 Å². The molecule has 0 bridgehead atoms. The molecular weight excluding hydrogens is 700 g/mol. The highest BCUT2D eigenvalue weighted by molar-refractivity contribution is 9.10. The van der Waals surface area contributed by atoms with Gasteiger partial charge in [0.2, 0.25) is 11.1 Å². The molecule has 0 radical (unpaired) electrons. The first kappa shape index (κ1) is 32.7. The summed E-state index contributed by atoms with van der Waals surface area (Å²) in [5, 5.41) is 9.38. The summed E-state index contributed by atoms with van der Waals surface area (Å²) in [7, 11) is 0. The van der Waals surface area contributed by atoms with E-state index in [2.05, 4.69) is 21.2 Å². The number of allylic oxidation sites excluding steroid dienone is 1. The van der Waals surface area contributed by atoms with E-state index in [-0.39, 0.29) is 6.61 Å². The number of ether oxygens (including phenoxy) is 3. The van der Waals surface area contributed by atoms with Gasteiger partial charge in [0.25, 0.3) is 0 Å². The Balaban J connectivity index is 1.36. The highest BCUT2D eigenvalue weighted by Gasteiger charge is 2.36. The van der Waals surface area contributed by atoms with Crippen molar-refractivity contribution in [2.45, 2.75) is 44.0 Å². The second kappa shape index (κ2) is 15.1. The lowest BCUT2D eigenvalue weighted by Gasteiger charge is -2.29. The number of nitrogens with zero attached hydrogens (tertiary/aromatic N) is 3. The minimum atomic E-state index is -0.671. The Labute approximate surface area is 291 Å². The number of aromatic nitrogens is 3. The molecule has 0 aliphatic carbocycles. The number of hydrogen-bond donors (Lipinski definition) is 1. The quantitative estimate of drug-likeness (QED) is 0.101. The van der Waals surface area contributed by atoms with Crippen molar-refractivity contribution in [2.75, 3.05) is 11.9 Å². The summed E-state index contributed by atoms with van der Waals surface area (Å²) in [6, 6.07) is 30.4. The van der Waals surface area contributed by atoms with Gasteiger partial charge in [0.15, 0.2) is 11.5 Å². The molecule has 6 rings (SSSR count). The smallest absolute Gasteiger partial charge is 0.338 e. The van der Waals surface area contributed by atoms with E-state index in [9.17, 15) is 4.79 Å². The molecule has 1 aromatic heterocycles. The lowest BCUT2D eigenvalue weighted by Crippen LogP contribution is -2.29. The van der Waals surface area contributed by atoms with E-state index in [1.165, 1.54) is 11.8 Å². The van der Waals surface area contributed by atoms with Crippen molar-refractivity contribution in [2.24, 2.45) is 0 Å². The zero-order chi connectivity index (χ0) is 32.8. The zero-order valence-electron chi connectivity index (χ0n) is 25.8. The van der Waals surface area contributed by atoms with Gasteiger partial charge >= 0.3 is 5.97 Å². The first-order valence-corrected chi connectivity index (χ1v) is 17.2. The molecule has 11 heteroatoms. The van der Waals surface area contributed by atoms with Crippen molar-refractivity contribution in [3.05, 3.63) is 140 Å². The van der Waals surface area contributed by atoms with Gasteiger partial charge in [-0.3, -0.25) is 0 Å². The number of carbonyl (C=O) groups is 1. The largest absolute Gasteiger partial charge is 0.490 e. The lowest BCUT2D eigenvalue weighted by atomic mass is 9.95. The molecule has 1 aliphatic rings. The van der Waals surface area contributed by atoms with Crippen molar-refractivity contribution in [3.63, 3.8) is 0 Å². The van der Waals surface area contributed by atoms with Crippen LogP contribution in [0.3, 0.4) is 0 Å². The van der Waals surface area contributed by atoms with E-state index in [0.717, 1.165) is 22.3 Å². The van der Waals surface area contributed by atoms with Crippen LogP contribution in [0.5, 0.6) is 11.5 Å². The highest BCUT2D eigenvalue weighted by Crippen LogP contribution is 2.44. The summed E-state index contributed by atoms with van der Waals surface area (Å²) in [6.45, 7) is 4.67. The van der Waals surface area contributed by atoms with Gasteiger partial charge < -0.3 is 19.5 Å². The Hall–Kier alpha value is -4.25. The first-order chi connectivity index (χ1) is 22.9. The monoisotopic (exact) mass is 730 g/mol. The Morgan fingerprint density at radius 1 is 0.957 bits per heavy atom. The lowest BCUT2D eigenvalue weighted by molar-refractivity contribution is -0.140. The highest BCUT2D eigenvalue weighted by atomic mass is 79.9. The van der Waals surface area contributed by atoms with Crippen molar-refractivity contribution < 1.29 is 19.0 Å². The molecule has 0 spiro atoms. The van der Waals surface area contributed by atoms with Gasteiger partial charge in [0.1, 0.15) is 19.3 Å². The van der Waals surface area contributed by atoms with Gasteiger partial charge in [-0.05, 0) is 70.2 Å². The van der Waals surface area contributed by atoms with Crippen LogP contribution in [-0.2, 0) is 28.5 Å². The standard InChI is InChI=1S/C36H32BrClN4O4S/c1-3-44-30-19-27(18-28(37)33(30)45-20-24-12-6-4-7-13-24)32-31(34(43)46-21-25-14-8-5-9-15-25)23(2)39-35-40-36(41-42(32)35)47-22-26-16-10-11-17-29(26)38/h4-19,32H,3,20-22H2,1-2H3,(H,39,40,41). The van der Waals surface area contributed by atoms with E-state index in [1.54, 1.807) is 4.68 Å². The number of hydrogen-bond acceptors (Lipinski definition) is 8. The predicted octanol–water partition coefficient (Wildman–Crippen LogP) is 9.00. The van der Waals surface area contributed by atoms with E-state index in [1.807, 2.05) is 111 Å². The molecule has 1 unspecified atom stereocenters. The second-order valence-electron chi connectivity index (χ2n) is 10.7. The molecule has 0 saturated carbocycles. The average Bonchev–Trinajstić information content (AvgIpc) is 3.49. The fourth-order valence-corrected chi connectivity index (χ4v) is 6.89. The van der Waals surface area contributed by atoms with Gasteiger partial charge in [-0.25, -0.2) is 9.48 Å². The molecular formula is C36H32BrClN4O4S. The number of carbonyl (C=O) groups excluding carboxylic acids is 1. The van der Waals surface area contributed by atoms with Crippen molar-refractivity contribution >= 4 is 51.2 Å². The summed E-state index contributed by atoms with van der Waals surface area (Å²) < 4.78 is 20.6. The third-order valence-electron chi connectivity index (χ3n) is 7.45. The summed E-state index contributed by atoms with van der Waals surface area (Å²) in [5.74, 6) is 1.73. The van der Waals surface area contributed by atoms with E-state index in [4.69, 9.17) is 35.9 Å². The topological polar surface area (TPSA) is 87.5 Å². The fraction of sp³-hybridized carbons (Fsp3) is 0.194. The number of fused-ring (bicyclic) bond motifs is 1. The van der Waals surface area contributed by atoms with E-state index in [0.29, 0.717) is 62.3 Å². The van der Waals surface area contributed by atoms with Crippen molar-refractivity contribution in [1.29, 1.82) is 0 Å². The molecule has 2 heterocycles. The predicted molar refractivity (Wildman–Crippen MR) is 188 cm³/mol. The molecule has 0 amide bonds. The van der Waals surface area contributed by atoms with Gasteiger partial charge in [0.05, 0.1) is 16.7 Å². The van der Waals surface area contributed by atoms with Crippen LogP contribution < -0.4 is 14.8 Å². The number of esters is 1. The molecule has 47 heavy (non-hydrogen) atoms. The van der Waals surface area contributed by atoms with Crippen LogP contribution in [0.4, 0.5) is 5.95 Å². The number of rotatable bonds is 12. The van der Waals surface area contributed by atoms with Gasteiger partial charge in [-0.2, -0.15) is 4.98 Å². The maximum atomic E-state index is 13.9. The van der Waals surface area contributed by atoms with Gasteiger partial charge in [-0.1, -0.05) is 102 Å². The molecule has 1 N–H and O–H groups in total. The molecule has 0 saturated heterocycles. The van der Waals surface area contributed by atoms with Crippen molar-refractivity contribution in [3.8, 4) is 11.5 Å². The summed E-state index contributed by atoms with van der Waals surface area (Å²) in [5.41, 5.74) is 4.67. The van der Waals surface area contributed by atoms with E-state index >= 15 is 0 Å². The molecule has 1 atom stereocenters. The molecule has 8 nitrogen and oxygen atoms in total. The second-order valence-corrected chi connectivity index (χ2v) is 12.9. The van der Waals surface area contributed by atoms with Crippen LogP contribution in [0, 0.1) is 0 Å². The molecule has 1 aliphatic heterocycles. The SMILES string of the molecule is CCOc1cc(C2C(C(=O)OCc3ccccc3)=C(C)Nc3nc(SCc4ccccc4Cl)nn32)cc(Br)c1OCc1ccccc1. The number of anilines is 1. The van der Waals surface area contributed by atoms with Crippen molar-refractivity contribution in [1.82, 2.24) is 14.8 Å². The maximum Gasteiger partial charge on any atom is 0.338 e. The summed E-state index contributed by atoms with van der Waals surface area (Å²) in [6.07, 6.45) is 0. The van der Waals surface area contributed by atoms with Crippen LogP contribution in [0.1, 0.15) is 42.1 Å². The third-order valence-corrected chi connectivity index (χ3v) is 9.30. The van der Waals surface area contributed by atoms with Gasteiger partial charge in [0, 0.05) is 16.5 Å².